The van der Waals surface area contributed by atoms with Crippen LogP contribution in [0.3, 0.4) is 0 Å². The lowest BCUT2D eigenvalue weighted by Crippen LogP contribution is -1.76. The van der Waals surface area contributed by atoms with E-state index in [9.17, 15) is 0 Å². The molecule has 0 radical (unpaired) electrons. The standard InChI is InChI=1S/C12H12.2C8H10/c1-9-3-5-12-8-10(2)4-6-11(12)7-9;2*1-2-8-6-4-3-5-7-8/h3-8H,1-2H3;2*3-7H,2H2,1H3. The Hall–Kier alpha value is -2.86. The van der Waals surface area contributed by atoms with Crippen LogP contribution in [0.25, 0.3) is 10.8 Å². The molecule has 0 heterocycles. The number of aryl methyl sites for hydroxylation is 4. The van der Waals surface area contributed by atoms with E-state index in [4.69, 9.17) is 0 Å². The Morgan fingerprint density at radius 1 is 0.464 bits per heavy atom. The highest BCUT2D eigenvalue weighted by molar-refractivity contribution is 5.83. The normalized spacial score (nSPS) is 9.71. The van der Waals surface area contributed by atoms with E-state index in [0.717, 1.165) is 12.8 Å². The van der Waals surface area contributed by atoms with Crippen LogP contribution in [0.1, 0.15) is 36.1 Å². The van der Waals surface area contributed by atoms with Gasteiger partial charge in [0.1, 0.15) is 0 Å². The summed E-state index contributed by atoms with van der Waals surface area (Å²) in [4.78, 5) is 0. The average molecular weight is 369 g/mol. The second kappa shape index (κ2) is 11.8. The quantitative estimate of drug-likeness (QED) is 0.337. The fourth-order valence-corrected chi connectivity index (χ4v) is 2.91. The molecule has 4 rings (SSSR count). The van der Waals surface area contributed by atoms with Crippen molar-refractivity contribution in [3.8, 4) is 0 Å². The van der Waals surface area contributed by atoms with E-state index in [2.05, 4.69) is 113 Å². The fourth-order valence-electron chi connectivity index (χ4n) is 2.91. The molecule has 0 aliphatic rings. The van der Waals surface area contributed by atoms with Crippen LogP contribution in [0.2, 0.25) is 0 Å². The molecule has 0 bridgehead atoms. The summed E-state index contributed by atoms with van der Waals surface area (Å²) < 4.78 is 0. The van der Waals surface area contributed by atoms with Gasteiger partial charge in [-0.3, -0.25) is 0 Å². The molecule has 0 saturated carbocycles. The Morgan fingerprint density at radius 3 is 1.11 bits per heavy atom. The van der Waals surface area contributed by atoms with Gasteiger partial charge in [-0.05, 0) is 48.6 Å². The number of hydrogen-bond acceptors (Lipinski definition) is 0. The minimum atomic E-state index is 1.14. The lowest BCUT2D eigenvalue weighted by molar-refractivity contribution is 1.14. The van der Waals surface area contributed by atoms with Gasteiger partial charge in [-0.25, -0.2) is 0 Å². The summed E-state index contributed by atoms with van der Waals surface area (Å²) in [5.41, 5.74) is 5.47. The van der Waals surface area contributed by atoms with Gasteiger partial charge in [0.2, 0.25) is 0 Å². The van der Waals surface area contributed by atoms with E-state index >= 15 is 0 Å². The Bertz CT molecular complexity index is 856. The first-order chi connectivity index (χ1) is 13.6. The van der Waals surface area contributed by atoms with E-state index < -0.39 is 0 Å². The van der Waals surface area contributed by atoms with Gasteiger partial charge < -0.3 is 0 Å². The molecule has 0 N–H and O–H groups in total. The molecule has 0 unspecified atom stereocenters. The van der Waals surface area contributed by atoms with Crippen LogP contribution in [-0.4, -0.2) is 0 Å². The topological polar surface area (TPSA) is 0 Å². The van der Waals surface area contributed by atoms with Crippen molar-refractivity contribution < 1.29 is 0 Å². The highest BCUT2D eigenvalue weighted by Crippen LogP contribution is 2.16. The third-order valence-electron chi connectivity index (χ3n) is 4.65. The highest BCUT2D eigenvalue weighted by atomic mass is 14.0. The second-order valence-corrected chi connectivity index (χ2v) is 7.03. The van der Waals surface area contributed by atoms with Crippen LogP contribution in [0.5, 0.6) is 0 Å². The fraction of sp³-hybridized carbons (Fsp3) is 0.214. The summed E-state index contributed by atoms with van der Waals surface area (Å²) in [5, 5.41) is 2.67. The SMILES string of the molecule is CCc1ccccc1.CCc1ccccc1.Cc1ccc2cc(C)ccc2c1. The van der Waals surface area contributed by atoms with Crippen molar-refractivity contribution in [1.82, 2.24) is 0 Å². The zero-order chi connectivity index (χ0) is 20.2. The van der Waals surface area contributed by atoms with Crippen molar-refractivity contribution in [1.29, 1.82) is 0 Å². The van der Waals surface area contributed by atoms with Crippen molar-refractivity contribution in [3.63, 3.8) is 0 Å². The molecule has 0 fully saturated rings. The molecule has 0 aliphatic heterocycles. The molecule has 0 atom stereocenters. The molecule has 0 nitrogen and oxygen atoms in total. The number of fused-ring (bicyclic) bond motifs is 1. The molecule has 0 heteroatoms. The van der Waals surface area contributed by atoms with E-state index in [1.807, 2.05) is 12.1 Å². The smallest absolute Gasteiger partial charge is 0.0181 e. The molecular formula is C28H32. The molecule has 0 spiro atoms. The van der Waals surface area contributed by atoms with Crippen molar-refractivity contribution in [2.75, 3.05) is 0 Å². The van der Waals surface area contributed by atoms with Crippen LogP contribution >= 0.6 is 0 Å². The maximum atomic E-state index is 2.22. The van der Waals surface area contributed by atoms with Gasteiger partial charge >= 0.3 is 0 Å². The Kier molecular flexibility index (Phi) is 9.01. The molecule has 28 heavy (non-hydrogen) atoms. The third kappa shape index (κ3) is 7.40. The first kappa shape index (κ1) is 21.4. The van der Waals surface area contributed by atoms with Crippen molar-refractivity contribution in [2.24, 2.45) is 0 Å². The summed E-state index contributed by atoms with van der Waals surface area (Å²) in [7, 11) is 0. The molecule has 0 amide bonds. The van der Waals surface area contributed by atoms with Gasteiger partial charge in [0, 0.05) is 0 Å². The predicted molar refractivity (Wildman–Crippen MR) is 125 cm³/mol. The average Bonchev–Trinajstić information content (AvgIpc) is 2.76. The van der Waals surface area contributed by atoms with Crippen molar-refractivity contribution in [2.45, 2.75) is 40.5 Å². The zero-order valence-electron chi connectivity index (χ0n) is 17.7. The summed E-state index contributed by atoms with van der Waals surface area (Å²) >= 11 is 0. The number of hydrogen-bond donors (Lipinski definition) is 0. The molecule has 0 aliphatic carbocycles. The molecule has 0 saturated heterocycles. The van der Waals surface area contributed by atoms with E-state index in [-0.39, 0.29) is 0 Å². The zero-order valence-corrected chi connectivity index (χ0v) is 17.7. The lowest BCUT2D eigenvalue weighted by Gasteiger charge is -1.99. The van der Waals surface area contributed by atoms with E-state index in [1.54, 1.807) is 0 Å². The van der Waals surface area contributed by atoms with Crippen LogP contribution in [-0.2, 0) is 12.8 Å². The van der Waals surface area contributed by atoms with Crippen molar-refractivity contribution in [3.05, 3.63) is 119 Å². The Morgan fingerprint density at radius 2 is 0.821 bits per heavy atom. The van der Waals surface area contributed by atoms with Crippen LogP contribution in [0.4, 0.5) is 0 Å². The Balaban J connectivity index is 0.000000156. The van der Waals surface area contributed by atoms with E-state index in [0.29, 0.717) is 0 Å². The molecule has 144 valence electrons. The number of rotatable bonds is 2. The summed E-state index contributed by atoms with van der Waals surface area (Å²) in [6.07, 6.45) is 2.28. The summed E-state index contributed by atoms with van der Waals surface area (Å²) in [6, 6.07) is 34.0. The molecule has 4 aromatic rings. The summed E-state index contributed by atoms with van der Waals surface area (Å²) in [5.74, 6) is 0. The van der Waals surface area contributed by atoms with Gasteiger partial charge in [0.05, 0.1) is 0 Å². The first-order valence-corrected chi connectivity index (χ1v) is 10.2. The maximum Gasteiger partial charge on any atom is -0.0181 e. The van der Waals surface area contributed by atoms with Gasteiger partial charge in [-0.2, -0.15) is 0 Å². The van der Waals surface area contributed by atoms with Gasteiger partial charge in [0.15, 0.2) is 0 Å². The second-order valence-electron chi connectivity index (χ2n) is 7.03. The maximum absolute atomic E-state index is 2.22. The van der Waals surface area contributed by atoms with Gasteiger partial charge in [0.25, 0.3) is 0 Å². The van der Waals surface area contributed by atoms with Crippen LogP contribution in [0.15, 0.2) is 97.1 Å². The van der Waals surface area contributed by atoms with Crippen LogP contribution in [0, 0.1) is 13.8 Å². The van der Waals surface area contributed by atoms with Crippen molar-refractivity contribution >= 4 is 10.8 Å². The minimum absolute atomic E-state index is 1.14. The van der Waals surface area contributed by atoms with Crippen LogP contribution < -0.4 is 0 Å². The first-order valence-electron chi connectivity index (χ1n) is 10.2. The predicted octanol–water partition coefficient (Wildman–Crippen LogP) is 7.95. The summed E-state index contributed by atoms with van der Waals surface area (Å²) in [6.45, 7) is 8.57. The third-order valence-corrected chi connectivity index (χ3v) is 4.65. The highest BCUT2D eigenvalue weighted by Gasteiger charge is 1.92. The molecule has 4 aromatic carbocycles. The minimum Gasteiger partial charge on any atom is -0.0622 e. The van der Waals surface area contributed by atoms with Gasteiger partial charge in [-0.15, -0.1) is 0 Å². The monoisotopic (exact) mass is 368 g/mol. The molecular weight excluding hydrogens is 336 g/mol. The van der Waals surface area contributed by atoms with Gasteiger partial charge in [-0.1, -0.05) is 122 Å². The lowest BCUT2D eigenvalue weighted by atomic mass is 10.1. The number of benzene rings is 4. The van der Waals surface area contributed by atoms with E-state index in [1.165, 1.54) is 33.0 Å². The molecule has 0 aromatic heterocycles. The largest absolute Gasteiger partial charge is 0.0622 e. The Labute approximate surface area is 170 Å².